The number of halogens is 1. The third-order valence-corrected chi connectivity index (χ3v) is 9.70. The first-order chi connectivity index (χ1) is 18.7. The highest BCUT2D eigenvalue weighted by atomic mass is 35.5. The molecular formula is C30H40ClN3O5. The van der Waals surface area contributed by atoms with Gasteiger partial charge >= 0.3 is 0 Å². The number of likely N-dealkylation sites (tertiary alicyclic amines) is 1. The summed E-state index contributed by atoms with van der Waals surface area (Å²) in [6.45, 7) is 9.66. The van der Waals surface area contributed by atoms with E-state index in [-0.39, 0.29) is 23.8 Å². The summed E-state index contributed by atoms with van der Waals surface area (Å²) in [6, 6.07) is 4.54. The van der Waals surface area contributed by atoms with Crippen LogP contribution in [0, 0.1) is 30.6 Å². The molecule has 8 nitrogen and oxygen atoms in total. The molecule has 3 heterocycles. The van der Waals surface area contributed by atoms with Crippen molar-refractivity contribution in [2.24, 2.45) is 23.7 Å². The summed E-state index contributed by atoms with van der Waals surface area (Å²) >= 11 is 6.27. The van der Waals surface area contributed by atoms with Gasteiger partial charge < -0.3 is 25.0 Å². The number of fused-ring (bicyclic) bond motifs is 1. The van der Waals surface area contributed by atoms with Gasteiger partial charge in [0.1, 0.15) is 11.6 Å². The zero-order valence-corrected chi connectivity index (χ0v) is 24.0. The second kappa shape index (κ2) is 11.2. The van der Waals surface area contributed by atoms with E-state index in [2.05, 4.69) is 24.5 Å². The molecule has 0 unspecified atom stereocenters. The van der Waals surface area contributed by atoms with Crippen LogP contribution in [0.5, 0.6) is 0 Å². The highest BCUT2D eigenvalue weighted by molar-refractivity contribution is 6.31. The molecule has 1 aliphatic carbocycles. The molecule has 1 aromatic carbocycles. The molecule has 1 aromatic rings. The Morgan fingerprint density at radius 1 is 1.23 bits per heavy atom. The predicted molar refractivity (Wildman–Crippen MR) is 149 cm³/mol. The summed E-state index contributed by atoms with van der Waals surface area (Å²) in [5.41, 5.74) is 0.294. The van der Waals surface area contributed by atoms with Crippen molar-refractivity contribution in [3.05, 3.63) is 40.9 Å². The van der Waals surface area contributed by atoms with E-state index in [9.17, 15) is 14.4 Å². The number of ether oxygens (including phenoxy) is 2. The van der Waals surface area contributed by atoms with E-state index < -0.39 is 29.6 Å². The Bertz CT molecular complexity index is 1160. The minimum absolute atomic E-state index is 0.0463. The molecule has 9 heteroatoms. The number of nitrogens with zero attached hydrogens (tertiary/aromatic N) is 1. The van der Waals surface area contributed by atoms with E-state index in [1.165, 1.54) is 0 Å². The summed E-state index contributed by atoms with van der Waals surface area (Å²) in [5, 5.41) is 6.77. The second-order valence-corrected chi connectivity index (χ2v) is 12.0. The van der Waals surface area contributed by atoms with Gasteiger partial charge in [0.2, 0.25) is 17.7 Å². The Balaban J connectivity index is 1.41. The lowest BCUT2D eigenvalue weighted by molar-refractivity contribution is -0.141. The van der Waals surface area contributed by atoms with Gasteiger partial charge in [-0.2, -0.15) is 0 Å². The van der Waals surface area contributed by atoms with E-state index in [1.807, 2.05) is 32.1 Å². The van der Waals surface area contributed by atoms with E-state index >= 15 is 0 Å². The van der Waals surface area contributed by atoms with E-state index in [0.717, 1.165) is 24.8 Å². The maximum Gasteiger partial charge on any atom is 0.246 e. The molecule has 5 rings (SSSR count). The van der Waals surface area contributed by atoms with Gasteiger partial charge in [0.25, 0.3) is 0 Å². The Morgan fingerprint density at radius 2 is 2.03 bits per heavy atom. The van der Waals surface area contributed by atoms with Crippen LogP contribution in [0.4, 0.5) is 5.69 Å². The lowest BCUT2D eigenvalue weighted by Gasteiger charge is -2.38. The first kappa shape index (κ1) is 28.1. The molecular weight excluding hydrogens is 518 g/mol. The van der Waals surface area contributed by atoms with Gasteiger partial charge in [-0.25, -0.2) is 0 Å². The van der Waals surface area contributed by atoms with E-state index in [0.29, 0.717) is 48.7 Å². The van der Waals surface area contributed by atoms with Crippen molar-refractivity contribution in [3.63, 3.8) is 0 Å². The monoisotopic (exact) mass is 557 g/mol. The smallest absolute Gasteiger partial charge is 0.246 e. The molecule has 39 heavy (non-hydrogen) atoms. The average Bonchev–Trinajstić information content (AvgIpc) is 3.54. The van der Waals surface area contributed by atoms with E-state index in [1.54, 1.807) is 17.0 Å². The fraction of sp³-hybridized carbons (Fsp3) is 0.633. The Labute approximate surface area is 235 Å². The Morgan fingerprint density at radius 3 is 2.77 bits per heavy atom. The van der Waals surface area contributed by atoms with Crippen LogP contribution >= 0.6 is 11.6 Å². The predicted octanol–water partition coefficient (Wildman–Crippen LogP) is 4.11. The summed E-state index contributed by atoms with van der Waals surface area (Å²) in [5.74, 6) is -1.40. The minimum Gasteiger partial charge on any atom is -0.382 e. The van der Waals surface area contributed by atoms with Gasteiger partial charge in [-0.1, -0.05) is 56.5 Å². The number of carbonyl (C=O) groups is 3. The minimum atomic E-state index is -1.17. The quantitative estimate of drug-likeness (QED) is 0.352. The third-order valence-electron chi connectivity index (χ3n) is 9.29. The molecule has 1 spiro atoms. The summed E-state index contributed by atoms with van der Waals surface area (Å²) in [7, 11) is 0. The largest absolute Gasteiger partial charge is 0.382 e. The van der Waals surface area contributed by atoms with Crippen LogP contribution in [0.1, 0.15) is 52.0 Å². The molecule has 2 N–H and O–H groups in total. The standard InChI is InChI=1S/C30H40ClN3O5/c1-5-38-15-7-14-34-26(28(36)33-22-9-6-8-17(2)19(22)4)30-13-12-23(39-30)24(25(30)29(34)37)27(35)32-20-11-10-18(3)21(31)16-20/h10-13,16-17,19,22-26H,5-9,14-15H2,1-4H3,(H,32,35)(H,33,36)/t17-,19+,22+,23+,24+,25+,26-,30-/m0/s1. The maximum absolute atomic E-state index is 14.0. The first-order valence-corrected chi connectivity index (χ1v) is 14.7. The molecule has 2 bridgehead atoms. The number of hydrogen-bond donors (Lipinski definition) is 2. The van der Waals surface area contributed by atoms with Crippen LogP contribution < -0.4 is 10.6 Å². The van der Waals surface area contributed by atoms with Gasteiger partial charge in [-0.15, -0.1) is 0 Å². The molecule has 0 aromatic heterocycles. The number of anilines is 1. The van der Waals surface area contributed by atoms with Gasteiger partial charge in [0.15, 0.2) is 0 Å². The van der Waals surface area contributed by atoms with Crippen LogP contribution in [0.2, 0.25) is 5.02 Å². The molecule has 8 atom stereocenters. The zero-order chi connectivity index (χ0) is 27.9. The number of rotatable bonds is 9. The van der Waals surface area contributed by atoms with Gasteiger partial charge in [0, 0.05) is 36.5 Å². The normalized spacial score (nSPS) is 34.8. The number of carbonyl (C=O) groups excluding carboxylic acids is 3. The molecule has 3 amide bonds. The Kier molecular flexibility index (Phi) is 8.09. The van der Waals surface area contributed by atoms with Crippen molar-refractivity contribution in [3.8, 4) is 0 Å². The summed E-state index contributed by atoms with van der Waals surface area (Å²) in [4.78, 5) is 43.3. The highest BCUT2D eigenvalue weighted by Crippen LogP contribution is 2.55. The van der Waals surface area contributed by atoms with Crippen molar-refractivity contribution >= 4 is 35.0 Å². The van der Waals surface area contributed by atoms with Crippen molar-refractivity contribution in [2.45, 2.75) is 77.2 Å². The van der Waals surface area contributed by atoms with Crippen LogP contribution in [-0.2, 0) is 23.9 Å². The topological polar surface area (TPSA) is 97.0 Å². The second-order valence-electron chi connectivity index (χ2n) is 11.6. The number of hydrogen-bond acceptors (Lipinski definition) is 5. The molecule has 3 aliphatic heterocycles. The lowest BCUT2D eigenvalue weighted by atomic mass is 9.73. The van der Waals surface area contributed by atoms with Gasteiger partial charge in [-0.05, 0) is 56.2 Å². The fourth-order valence-corrected chi connectivity index (χ4v) is 7.11. The molecule has 3 fully saturated rings. The SMILES string of the molecule is CCOCCCN1C(=O)[C@H]2[C@H](C(=O)Nc3ccc(C)c(Cl)c3)[C@H]3C=C[C@@]2(O3)[C@@H]1C(=O)N[C@@H]1CCC[C@H](C)[C@H]1C. The van der Waals surface area contributed by atoms with Gasteiger partial charge in [0.05, 0.1) is 17.9 Å². The van der Waals surface area contributed by atoms with Crippen LogP contribution in [0.15, 0.2) is 30.4 Å². The van der Waals surface area contributed by atoms with Crippen LogP contribution in [-0.4, -0.2) is 66.2 Å². The third kappa shape index (κ3) is 5.00. The maximum atomic E-state index is 14.0. The number of aryl methyl sites for hydroxylation is 1. The van der Waals surface area contributed by atoms with Crippen molar-refractivity contribution in [1.82, 2.24) is 10.2 Å². The first-order valence-electron chi connectivity index (χ1n) is 14.3. The molecule has 0 radical (unpaired) electrons. The number of nitrogens with one attached hydrogen (secondary N) is 2. The lowest BCUT2D eigenvalue weighted by Crippen LogP contribution is -2.58. The molecule has 2 saturated heterocycles. The Hall–Kier alpha value is -2.42. The molecule has 212 valence electrons. The average molecular weight is 558 g/mol. The van der Waals surface area contributed by atoms with Crippen LogP contribution in [0.25, 0.3) is 0 Å². The summed E-state index contributed by atoms with van der Waals surface area (Å²) < 4.78 is 12.0. The van der Waals surface area contributed by atoms with Gasteiger partial charge in [-0.3, -0.25) is 14.4 Å². The van der Waals surface area contributed by atoms with E-state index in [4.69, 9.17) is 21.1 Å². The number of amides is 3. The highest BCUT2D eigenvalue weighted by Gasteiger charge is 2.72. The zero-order valence-electron chi connectivity index (χ0n) is 23.2. The van der Waals surface area contributed by atoms with Crippen molar-refractivity contribution in [1.29, 1.82) is 0 Å². The number of benzene rings is 1. The molecule has 1 saturated carbocycles. The fourth-order valence-electron chi connectivity index (χ4n) is 6.93. The summed E-state index contributed by atoms with van der Waals surface area (Å²) in [6.07, 6.45) is 6.85. The van der Waals surface area contributed by atoms with Crippen molar-refractivity contribution < 1.29 is 23.9 Å². The molecule has 4 aliphatic rings. The van der Waals surface area contributed by atoms with Crippen LogP contribution in [0.3, 0.4) is 0 Å². The van der Waals surface area contributed by atoms with Crippen molar-refractivity contribution in [2.75, 3.05) is 25.1 Å².